The number of carbonyl (C=O) groups excluding carboxylic acids is 1. The average Bonchev–Trinajstić information content (AvgIpc) is 3.14. The highest BCUT2D eigenvalue weighted by atomic mass is 16.1. The van der Waals surface area contributed by atoms with Gasteiger partial charge in [0.25, 0.3) is 0 Å². The Kier molecular flexibility index (Phi) is 9.78. The van der Waals surface area contributed by atoms with Crippen molar-refractivity contribution in [3.63, 3.8) is 0 Å². The van der Waals surface area contributed by atoms with Crippen LogP contribution in [-0.4, -0.2) is 11.3 Å². The second kappa shape index (κ2) is 12.8. The summed E-state index contributed by atoms with van der Waals surface area (Å²) in [5.41, 5.74) is 6.12. The minimum absolute atomic E-state index is 0.751. The van der Waals surface area contributed by atoms with Gasteiger partial charge in [-0.05, 0) is 79.9 Å². The molecular formula is C31H43NO. The molecule has 1 aromatic heterocycles. The third-order valence-electron chi connectivity index (χ3n) is 7.27. The van der Waals surface area contributed by atoms with Gasteiger partial charge in [0.15, 0.2) is 0 Å². The van der Waals surface area contributed by atoms with E-state index in [2.05, 4.69) is 63.0 Å². The number of hydrogen-bond donors (Lipinski definition) is 1. The van der Waals surface area contributed by atoms with Crippen LogP contribution in [0.15, 0.2) is 48.5 Å². The van der Waals surface area contributed by atoms with Gasteiger partial charge >= 0.3 is 0 Å². The Labute approximate surface area is 201 Å². The van der Waals surface area contributed by atoms with E-state index in [1.165, 1.54) is 67.2 Å². The minimum atomic E-state index is 0.751. The maximum absolute atomic E-state index is 10.7. The number of fused-ring (bicyclic) bond motifs is 3. The summed E-state index contributed by atoms with van der Waals surface area (Å²) in [6.45, 7) is 9.36. The number of carbonyl (C=O) groups is 1. The molecule has 0 saturated heterocycles. The van der Waals surface area contributed by atoms with Crippen molar-refractivity contribution >= 4 is 17.2 Å². The lowest BCUT2D eigenvalue weighted by Gasteiger charge is -2.11. The SMILES string of the molecule is CC1C[C@H](C)CC[C@H](C)C1.CCc1ccccc1.O=Cc1ccc2c3c([nH]c2c1)CCCC3. The van der Waals surface area contributed by atoms with Crippen molar-refractivity contribution < 1.29 is 4.79 Å². The fraction of sp³-hybridized carbons (Fsp3) is 0.516. The maximum atomic E-state index is 10.7. The van der Waals surface area contributed by atoms with Gasteiger partial charge in [-0.1, -0.05) is 83.0 Å². The number of rotatable bonds is 2. The van der Waals surface area contributed by atoms with Gasteiger partial charge in [-0.15, -0.1) is 0 Å². The summed E-state index contributed by atoms with van der Waals surface area (Å²) in [4.78, 5) is 14.1. The Hall–Kier alpha value is -2.35. The number of aromatic amines is 1. The molecule has 33 heavy (non-hydrogen) atoms. The van der Waals surface area contributed by atoms with E-state index in [1.807, 2.05) is 18.2 Å². The summed E-state index contributed by atoms with van der Waals surface area (Å²) in [5.74, 6) is 2.95. The van der Waals surface area contributed by atoms with Gasteiger partial charge in [-0.2, -0.15) is 0 Å². The number of aldehydes is 1. The monoisotopic (exact) mass is 445 g/mol. The van der Waals surface area contributed by atoms with Gasteiger partial charge < -0.3 is 4.98 Å². The van der Waals surface area contributed by atoms with E-state index in [9.17, 15) is 4.79 Å². The van der Waals surface area contributed by atoms with E-state index in [0.717, 1.165) is 48.0 Å². The predicted octanol–water partition coefficient (Wildman–Crippen LogP) is 8.58. The molecule has 1 unspecified atom stereocenters. The van der Waals surface area contributed by atoms with Crippen LogP contribution in [0.3, 0.4) is 0 Å². The van der Waals surface area contributed by atoms with E-state index in [4.69, 9.17) is 0 Å². The smallest absolute Gasteiger partial charge is 0.150 e. The van der Waals surface area contributed by atoms with Crippen LogP contribution in [0.2, 0.25) is 0 Å². The third-order valence-corrected chi connectivity index (χ3v) is 7.27. The molecule has 3 atom stereocenters. The number of aryl methyl sites for hydroxylation is 3. The molecule has 1 fully saturated rings. The molecule has 1 saturated carbocycles. The zero-order valence-electron chi connectivity index (χ0n) is 21.2. The summed E-state index contributed by atoms with van der Waals surface area (Å²) in [5, 5.41) is 1.30. The van der Waals surface area contributed by atoms with E-state index >= 15 is 0 Å². The number of aromatic nitrogens is 1. The van der Waals surface area contributed by atoms with Crippen LogP contribution in [0, 0.1) is 17.8 Å². The summed E-state index contributed by atoms with van der Waals surface area (Å²) in [7, 11) is 0. The van der Waals surface area contributed by atoms with Crippen molar-refractivity contribution in [2.24, 2.45) is 17.8 Å². The fourth-order valence-corrected chi connectivity index (χ4v) is 5.49. The lowest BCUT2D eigenvalue weighted by molar-refractivity contribution is 0.112. The van der Waals surface area contributed by atoms with E-state index < -0.39 is 0 Å². The van der Waals surface area contributed by atoms with Crippen LogP contribution >= 0.6 is 0 Å². The zero-order chi connectivity index (χ0) is 23.6. The first-order valence-corrected chi connectivity index (χ1v) is 13.1. The van der Waals surface area contributed by atoms with Gasteiger partial charge in [0.1, 0.15) is 6.29 Å². The molecular weight excluding hydrogens is 402 g/mol. The largest absolute Gasteiger partial charge is 0.358 e. The van der Waals surface area contributed by atoms with Gasteiger partial charge in [-0.3, -0.25) is 4.79 Å². The van der Waals surface area contributed by atoms with E-state index in [1.54, 1.807) is 0 Å². The highest BCUT2D eigenvalue weighted by molar-refractivity contribution is 5.90. The van der Waals surface area contributed by atoms with Gasteiger partial charge in [0, 0.05) is 22.2 Å². The molecule has 0 bridgehead atoms. The molecule has 0 aliphatic heterocycles. The molecule has 1 heterocycles. The van der Waals surface area contributed by atoms with Crippen LogP contribution in [0.5, 0.6) is 0 Å². The van der Waals surface area contributed by atoms with E-state index in [-0.39, 0.29) is 0 Å². The molecule has 2 aliphatic rings. The first kappa shape index (κ1) is 25.3. The molecule has 178 valence electrons. The highest BCUT2D eigenvalue weighted by Gasteiger charge is 2.17. The summed E-state index contributed by atoms with van der Waals surface area (Å²) in [6.07, 6.45) is 12.8. The maximum Gasteiger partial charge on any atom is 0.150 e. The predicted molar refractivity (Wildman–Crippen MR) is 142 cm³/mol. The molecule has 2 aromatic carbocycles. The Morgan fingerprint density at radius 1 is 0.879 bits per heavy atom. The van der Waals surface area contributed by atoms with Crippen molar-refractivity contribution in [1.29, 1.82) is 0 Å². The summed E-state index contributed by atoms with van der Waals surface area (Å²) in [6, 6.07) is 16.4. The standard InChI is InChI=1S/C13H13NO.C10H20.C8H10/c15-8-9-5-6-11-10-3-1-2-4-12(10)14-13(11)7-9;1-8-4-5-9(2)7-10(3)6-8;1-2-8-6-4-3-5-7-8/h5-8,14H,1-4H2;8-10H,4-7H2,1-3H3;3-7H,2H2,1H3/t;8-,9+,10?;. The van der Waals surface area contributed by atoms with Crippen LogP contribution < -0.4 is 0 Å². The van der Waals surface area contributed by atoms with Gasteiger partial charge in [-0.25, -0.2) is 0 Å². The highest BCUT2D eigenvalue weighted by Crippen LogP contribution is 2.30. The van der Waals surface area contributed by atoms with Crippen LogP contribution in [0.4, 0.5) is 0 Å². The molecule has 0 radical (unpaired) electrons. The molecule has 3 aromatic rings. The first-order valence-electron chi connectivity index (χ1n) is 13.1. The van der Waals surface area contributed by atoms with Crippen molar-refractivity contribution in [3.8, 4) is 0 Å². The molecule has 2 nitrogen and oxygen atoms in total. The fourth-order valence-electron chi connectivity index (χ4n) is 5.49. The second-order valence-corrected chi connectivity index (χ2v) is 10.4. The molecule has 0 spiro atoms. The average molecular weight is 446 g/mol. The summed E-state index contributed by atoms with van der Waals surface area (Å²) >= 11 is 0. The Bertz CT molecular complexity index is 975. The molecule has 2 aliphatic carbocycles. The van der Waals surface area contributed by atoms with Crippen LogP contribution in [0.1, 0.15) is 93.4 Å². The number of benzene rings is 2. The van der Waals surface area contributed by atoms with Crippen molar-refractivity contribution in [3.05, 3.63) is 70.9 Å². The lowest BCUT2D eigenvalue weighted by Crippen LogP contribution is -1.99. The van der Waals surface area contributed by atoms with Crippen molar-refractivity contribution in [2.45, 2.75) is 85.5 Å². The number of H-pyrrole nitrogens is 1. The van der Waals surface area contributed by atoms with Crippen molar-refractivity contribution in [1.82, 2.24) is 4.98 Å². The molecule has 1 N–H and O–H groups in total. The molecule has 2 heteroatoms. The third kappa shape index (κ3) is 7.59. The van der Waals surface area contributed by atoms with Crippen LogP contribution in [0.25, 0.3) is 10.9 Å². The summed E-state index contributed by atoms with van der Waals surface area (Å²) < 4.78 is 0. The zero-order valence-corrected chi connectivity index (χ0v) is 21.2. The van der Waals surface area contributed by atoms with Gasteiger partial charge in [0.2, 0.25) is 0 Å². The Balaban J connectivity index is 0.000000149. The quantitative estimate of drug-likeness (QED) is 0.311. The topological polar surface area (TPSA) is 32.9 Å². The van der Waals surface area contributed by atoms with Crippen molar-refractivity contribution in [2.75, 3.05) is 0 Å². The lowest BCUT2D eigenvalue weighted by atomic mass is 9.95. The first-order chi connectivity index (χ1) is 16.0. The van der Waals surface area contributed by atoms with Crippen LogP contribution in [-0.2, 0) is 19.3 Å². The minimum Gasteiger partial charge on any atom is -0.358 e. The Morgan fingerprint density at radius 2 is 1.55 bits per heavy atom. The number of nitrogens with one attached hydrogen (secondary N) is 1. The second-order valence-electron chi connectivity index (χ2n) is 10.4. The normalized spacial score (nSPS) is 22.1. The number of hydrogen-bond acceptors (Lipinski definition) is 1. The molecule has 5 rings (SSSR count). The van der Waals surface area contributed by atoms with E-state index in [0.29, 0.717) is 0 Å². The Morgan fingerprint density at radius 3 is 2.15 bits per heavy atom. The molecule has 0 amide bonds. The van der Waals surface area contributed by atoms with Gasteiger partial charge in [0.05, 0.1) is 0 Å².